The lowest BCUT2D eigenvalue weighted by Crippen LogP contribution is -2.53. The minimum atomic E-state index is -0.544. The predicted octanol–water partition coefficient (Wildman–Crippen LogP) is -0.913. The number of hydrogen-bond donors (Lipinski definition) is 2. The van der Waals surface area contributed by atoms with Gasteiger partial charge in [0.15, 0.2) is 0 Å². The van der Waals surface area contributed by atoms with E-state index in [2.05, 4.69) is 5.32 Å². The molecular formula is C12H21N3O3. The molecule has 2 fully saturated rings. The van der Waals surface area contributed by atoms with E-state index in [1.807, 2.05) is 0 Å². The maximum absolute atomic E-state index is 12.3. The molecule has 6 heteroatoms. The van der Waals surface area contributed by atoms with Crippen LogP contribution in [0.4, 0.5) is 0 Å². The summed E-state index contributed by atoms with van der Waals surface area (Å²) >= 11 is 0. The lowest BCUT2D eigenvalue weighted by Gasteiger charge is -2.28. The second-order valence-corrected chi connectivity index (χ2v) is 4.95. The third-order valence-electron chi connectivity index (χ3n) is 3.84. The molecule has 2 amide bonds. The molecule has 0 radical (unpaired) electrons. The van der Waals surface area contributed by atoms with Gasteiger partial charge in [0, 0.05) is 26.1 Å². The van der Waals surface area contributed by atoms with Crippen molar-refractivity contribution in [2.24, 2.45) is 11.7 Å². The maximum atomic E-state index is 12.3. The predicted molar refractivity (Wildman–Crippen MR) is 65.7 cm³/mol. The molecule has 3 atom stereocenters. The molecule has 6 nitrogen and oxygen atoms in total. The van der Waals surface area contributed by atoms with E-state index in [1.165, 1.54) is 0 Å². The summed E-state index contributed by atoms with van der Waals surface area (Å²) in [6.45, 7) is 1.84. The van der Waals surface area contributed by atoms with Crippen LogP contribution >= 0.6 is 0 Å². The zero-order valence-corrected chi connectivity index (χ0v) is 10.7. The first kappa shape index (κ1) is 13.3. The van der Waals surface area contributed by atoms with Crippen LogP contribution in [0.15, 0.2) is 0 Å². The van der Waals surface area contributed by atoms with Crippen LogP contribution < -0.4 is 11.1 Å². The molecule has 2 aliphatic rings. The van der Waals surface area contributed by atoms with Crippen molar-refractivity contribution in [2.75, 3.05) is 26.8 Å². The van der Waals surface area contributed by atoms with Crippen molar-refractivity contribution in [3.8, 4) is 0 Å². The van der Waals surface area contributed by atoms with Crippen LogP contribution in [0.3, 0.4) is 0 Å². The third-order valence-corrected chi connectivity index (χ3v) is 3.84. The second-order valence-electron chi connectivity index (χ2n) is 4.95. The van der Waals surface area contributed by atoms with E-state index < -0.39 is 6.04 Å². The van der Waals surface area contributed by atoms with E-state index >= 15 is 0 Å². The Morgan fingerprint density at radius 1 is 1.44 bits per heavy atom. The SMILES string of the molecule is CNC(=O)C1CCCN1C(=O)C(N)C1CCOC1. The topological polar surface area (TPSA) is 84.7 Å². The second kappa shape index (κ2) is 5.67. The molecule has 3 N–H and O–H groups in total. The Hall–Kier alpha value is -1.14. The molecule has 2 saturated heterocycles. The molecule has 3 unspecified atom stereocenters. The van der Waals surface area contributed by atoms with Crippen molar-refractivity contribution in [3.63, 3.8) is 0 Å². The molecule has 0 aliphatic carbocycles. The highest BCUT2D eigenvalue weighted by atomic mass is 16.5. The van der Waals surface area contributed by atoms with Crippen LogP contribution in [-0.2, 0) is 14.3 Å². The van der Waals surface area contributed by atoms with Gasteiger partial charge in [0.2, 0.25) is 11.8 Å². The van der Waals surface area contributed by atoms with Gasteiger partial charge in [-0.1, -0.05) is 0 Å². The van der Waals surface area contributed by atoms with Crippen molar-refractivity contribution in [2.45, 2.75) is 31.3 Å². The highest BCUT2D eigenvalue weighted by Crippen LogP contribution is 2.22. The summed E-state index contributed by atoms with van der Waals surface area (Å²) in [6.07, 6.45) is 2.41. The summed E-state index contributed by atoms with van der Waals surface area (Å²) in [4.78, 5) is 25.7. The number of amides is 2. The van der Waals surface area contributed by atoms with Gasteiger partial charge in [0.25, 0.3) is 0 Å². The molecule has 2 aliphatic heterocycles. The number of hydrogen-bond acceptors (Lipinski definition) is 4. The number of likely N-dealkylation sites (tertiary alicyclic amines) is 1. The van der Waals surface area contributed by atoms with Crippen molar-refractivity contribution in [1.82, 2.24) is 10.2 Å². The molecule has 0 aromatic heterocycles. The molecule has 0 aromatic rings. The fraction of sp³-hybridized carbons (Fsp3) is 0.833. The van der Waals surface area contributed by atoms with E-state index in [0.717, 1.165) is 19.3 Å². The highest BCUT2D eigenvalue weighted by molar-refractivity contribution is 5.90. The summed E-state index contributed by atoms with van der Waals surface area (Å²) < 4.78 is 5.26. The lowest BCUT2D eigenvalue weighted by molar-refractivity contribution is -0.140. The third kappa shape index (κ3) is 2.49. The number of ether oxygens (including phenoxy) is 1. The Bertz CT molecular complexity index is 329. The van der Waals surface area contributed by atoms with Gasteiger partial charge >= 0.3 is 0 Å². The zero-order valence-electron chi connectivity index (χ0n) is 10.7. The zero-order chi connectivity index (χ0) is 13.1. The number of nitrogens with one attached hydrogen (secondary N) is 1. The molecule has 0 saturated carbocycles. The molecule has 2 heterocycles. The van der Waals surface area contributed by atoms with Gasteiger partial charge in [0.1, 0.15) is 6.04 Å². The minimum Gasteiger partial charge on any atom is -0.381 e. The summed E-state index contributed by atoms with van der Waals surface area (Å²) in [5, 5.41) is 2.60. The van der Waals surface area contributed by atoms with E-state index in [1.54, 1.807) is 11.9 Å². The van der Waals surface area contributed by atoms with Crippen LogP contribution in [0.2, 0.25) is 0 Å². The summed E-state index contributed by atoms with van der Waals surface area (Å²) in [5.41, 5.74) is 6.00. The first-order valence-corrected chi connectivity index (χ1v) is 6.50. The van der Waals surface area contributed by atoms with Crippen LogP contribution in [0.5, 0.6) is 0 Å². The molecule has 0 bridgehead atoms. The number of carbonyl (C=O) groups excluding carboxylic acids is 2. The highest BCUT2D eigenvalue weighted by Gasteiger charge is 2.38. The minimum absolute atomic E-state index is 0.0865. The summed E-state index contributed by atoms with van der Waals surface area (Å²) in [7, 11) is 1.59. The molecular weight excluding hydrogens is 234 g/mol. The monoisotopic (exact) mass is 255 g/mol. The van der Waals surface area contributed by atoms with Crippen LogP contribution in [-0.4, -0.2) is 55.6 Å². The Kier molecular flexibility index (Phi) is 4.19. The van der Waals surface area contributed by atoms with E-state index in [0.29, 0.717) is 19.8 Å². The molecule has 2 rings (SSSR count). The first-order chi connectivity index (χ1) is 8.65. The normalized spacial score (nSPS) is 29.3. The smallest absolute Gasteiger partial charge is 0.242 e. The number of likely N-dealkylation sites (N-methyl/N-ethyl adjacent to an activating group) is 1. The average molecular weight is 255 g/mol. The number of nitrogens with zero attached hydrogens (tertiary/aromatic N) is 1. The van der Waals surface area contributed by atoms with Crippen LogP contribution in [0.1, 0.15) is 19.3 Å². The molecule has 102 valence electrons. The Labute approximate surface area is 107 Å². The van der Waals surface area contributed by atoms with E-state index in [-0.39, 0.29) is 23.8 Å². The molecule has 0 spiro atoms. The largest absolute Gasteiger partial charge is 0.381 e. The van der Waals surface area contributed by atoms with Crippen molar-refractivity contribution < 1.29 is 14.3 Å². The first-order valence-electron chi connectivity index (χ1n) is 6.50. The lowest BCUT2D eigenvalue weighted by atomic mass is 9.98. The standard InChI is InChI=1S/C12H21N3O3/c1-14-11(16)9-3-2-5-15(9)12(17)10(13)8-4-6-18-7-8/h8-10H,2-7,13H2,1H3,(H,14,16). The number of rotatable bonds is 3. The van der Waals surface area contributed by atoms with Gasteiger partial charge in [0.05, 0.1) is 12.6 Å². The van der Waals surface area contributed by atoms with Crippen LogP contribution in [0, 0.1) is 5.92 Å². The summed E-state index contributed by atoms with van der Waals surface area (Å²) in [6, 6.07) is -0.895. The number of nitrogens with two attached hydrogens (primary N) is 1. The fourth-order valence-corrected chi connectivity index (χ4v) is 2.70. The Balaban J connectivity index is 2.00. The van der Waals surface area contributed by atoms with Gasteiger partial charge in [-0.15, -0.1) is 0 Å². The van der Waals surface area contributed by atoms with Crippen molar-refractivity contribution in [3.05, 3.63) is 0 Å². The quantitative estimate of drug-likeness (QED) is 0.683. The van der Waals surface area contributed by atoms with Crippen molar-refractivity contribution >= 4 is 11.8 Å². The van der Waals surface area contributed by atoms with Crippen molar-refractivity contribution in [1.29, 1.82) is 0 Å². The van der Waals surface area contributed by atoms with Gasteiger partial charge in [-0.2, -0.15) is 0 Å². The fourth-order valence-electron chi connectivity index (χ4n) is 2.70. The molecule has 0 aromatic carbocycles. The Morgan fingerprint density at radius 2 is 2.22 bits per heavy atom. The van der Waals surface area contributed by atoms with E-state index in [9.17, 15) is 9.59 Å². The summed E-state index contributed by atoms with van der Waals surface area (Å²) in [5.74, 6) is -0.129. The average Bonchev–Trinajstić information content (AvgIpc) is 3.06. The van der Waals surface area contributed by atoms with Gasteiger partial charge < -0.3 is 20.7 Å². The van der Waals surface area contributed by atoms with E-state index in [4.69, 9.17) is 10.5 Å². The molecule has 18 heavy (non-hydrogen) atoms. The van der Waals surface area contributed by atoms with Gasteiger partial charge in [-0.3, -0.25) is 9.59 Å². The van der Waals surface area contributed by atoms with Gasteiger partial charge in [-0.05, 0) is 19.3 Å². The Morgan fingerprint density at radius 3 is 2.83 bits per heavy atom. The van der Waals surface area contributed by atoms with Gasteiger partial charge in [-0.25, -0.2) is 0 Å². The maximum Gasteiger partial charge on any atom is 0.242 e. The van der Waals surface area contributed by atoms with Crippen LogP contribution in [0.25, 0.3) is 0 Å². The number of carbonyl (C=O) groups is 2.